The second-order valence-electron chi connectivity index (χ2n) is 7.83. The first-order valence-corrected chi connectivity index (χ1v) is 10.6. The standard InChI is InChI=1S/C24H18F3N7O2/c1-14-22(15(2)30-13-29-14)17-5-3-16(4-6-17)11-34-12-21(36-33-34)32-23(35)31-19-8-7-18(10-28)20(9-19)24(25,26)27/h3-9,12-13H,11H2,1-2H3,(H-,31,32,33,35)/p+1. The van der Waals surface area contributed by atoms with Gasteiger partial charge in [-0.1, -0.05) is 24.3 Å². The van der Waals surface area contributed by atoms with E-state index in [-0.39, 0.29) is 11.6 Å². The van der Waals surface area contributed by atoms with Gasteiger partial charge in [-0.15, -0.1) is 0 Å². The van der Waals surface area contributed by atoms with Gasteiger partial charge in [0.2, 0.25) is 11.8 Å². The number of anilines is 2. The van der Waals surface area contributed by atoms with Gasteiger partial charge in [0, 0.05) is 28.2 Å². The largest absolute Gasteiger partial charge is 0.417 e. The van der Waals surface area contributed by atoms with Crippen molar-refractivity contribution in [3.05, 3.63) is 83.1 Å². The Morgan fingerprint density at radius 1 is 1.08 bits per heavy atom. The fourth-order valence-corrected chi connectivity index (χ4v) is 3.61. The van der Waals surface area contributed by atoms with E-state index in [1.54, 1.807) is 0 Å². The topological polar surface area (TPSA) is 121 Å². The molecule has 0 atom stereocenters. The average molecular weight is 494 g/mol. The number of amides is 2. The maximum absolute atomic E-state index is 13.1. The van der Waals surface area contributed by atoms with Crippen LogP contribution in [0, 0.1) is 25.2 Å². The molecule has 36 heavy (non-hydrogen) atoms. The van der Waals surface area contributed by atoms with E-state index >= 15 is 0 Å². The third kappa shape index (κ3) is 5.47. The predicted octanol–water partition coefficient (Wildman–Crippen LogP) is 4.62. The molecule has 9 nitrogen and oxygen atoms in total. The summed E-state index contributed by atoms with van der Waals surface area (Å²) < 4.78 is 45.9. The van der Waals surface area contributed by atoms with Gasteiger partial charge in [-0.3, -0.25) is 9.84 Å². The van der Waals surface area contributed by atoms with Crippen LogP contribution in [0.25, 0.3) is 11.1 Å². The minimum atomic E-state index is -4.74. The number of carbonyl (C=O) groups excluding carboxylic acids is 1. The Balaban J connectivity index is 1.40. The van der Waals surface area contributed by atoms with Crippen molar-refractivity contribution in [1.29, 1.82) is 5.26 Å². The molecule has 0 bridgehead atoms. The monoisotopic (exact) mass is 494 g/mol. The third-order valence-corrected chi connectivity index (χ3v) is 5.26. The minimum absolute atomic E-state index is 0.0125. The fourth-order valence-electron chi connectivity index (χ4n) is 3.61. The van der Waals surface area contributed by atoms with Crippen LogP contribution in [0.2, 0.25) is 0 Å². The van der Waals surface area contributed by atoms with Crippen LogP contribution in [-0.2, 0) is 12.7 Å². The summed E-state index contributed by atoms with van der Waals surface area (Å²) in [6, 6.07) is 11.3. The zero-order chi connectivity index (χ0) is 25.9. The molecule has 2 aromatic carbocycles. The van der Waals surface area contributed by atoms with Crippen molar-refractivity contribution in [3.8, 4) is 17.2 Å². The van der Waals surface area contributed by atoms with E-state index in [1.165, 1.54) is 29.3 Å². The molecule has 0 fully saturated rings. The van der Waals surface area contributed by atoms with E-state index in [9.17, 15) is 18.0 Å². The first-order chi connectivity index (χ1) is 17.1. The molecule has 0 saturated carbocycles. The van der Waals surface area contributed by atoms with Gasteiger partial charge in [-0.05, 0) is 42.3 Å². The summed E-state index contributed by atoms with van der Waals surface area (Å²) in [5.41, 5.74) is 2.81. The van der Waals surface area contributed by atoms with E-state index in [0.717, 1.165) is 34.1 Å². The van der Waals surface area contributed by atoms with E-state index in [0.29, 0.717) is 12.6 Å². The van der Waals surface area contributed by atoms with E-state index in [1.807, 2.05) is 38.1 Å². The van der Waals surface area contributed by atoms with Crippen LogP contribution in [0.3, 0.4) is 0 Å². The molecule has 0 saturated heterocycles. The Morgan fingerprint density at radius 2 is 1.78 bits per heavy atom. The van der Waals surface area contributed by atoms with Crippen molar-refractivity contribution in [2.45, 2.75) is 26.6 Å². The summed E-state index contributed by atoms with van der Waals surface area (Å²) in [5.74, 6) is -0.0125. The Kier molecular flexibility index (Phi) is 6.64. The van der Waals surface area contributed by atoms with Gasteiger partial charge in [0.15, 0.2) is 0 Å². The van der Waals surface area contributed by atoms with Crippen molar-refractivity contribution in [1.82, 2.24) is 15.2 Å². The van der Waals surface area contributed by atoms with Crippen LogP contribution in [-0.4, -0.2) is 21.3 Å². The normalized spacial score (nSPS) is 11.1. The molecule has 2 aromatic heterocycles. The smallest absolute Gasteiger partial charge is 0.308 e. The summed E-state index contributed by atoms with van der Waals surface area (Å²) in [5, 5.41) is 17.4. The van der Waals surface area contributed by atoms with Crippen molar-refractivity contribution >= 4 is 17.6 Å². The van der Waals surface area contributed by atoms with Crippen molar-refractivity contribution in [3.63, 3.8) is 0 Å². The first-order valence-electron chi connectivity index (χ1n) is 10.6. The molecule has 2 N–H and O–H groups in total. The van der Waals surface area contributed by atoms with Gasteiger partial charge in [0.1, 0.15) is 6.33 Å². The molecule has 12 heteroatoms. The lowest BCUT2D eigenvalue weighted by molar-refractivity contribution is -0.754. The molecule has 0 spiro atoms. The molecule has 0 aliphatic carbocycles. The number of aryl methyl sites for hydroxylation is 2. The highest BCUT2D eigenvalue weighted by molar-refractivity contribution is 5.98. The van der Waals surface area contributed by atoms with Crippen LogP contribution >= 0.6 is 0 Å². The fraction of sp³-hybridized carbons (Fsp3) is 0.167. The molecule has 0 radical (unpaired) electrons. The van der Waals surface area contributed by atoms with Crippen LogP contribution in [0.1, 0.15) is 28.1 Å². The SMILES string of the molecule is Cc1ncnc(C)c1-c1ccc(C[n+]2cc(NC(=O)Nc3ccc(C#N)c(C(F)(F)F)c3)on2)cc1. The maximum atomic E-state index is 13.1. The summed E-state index contributed by atoms with van der Waals surface area (Å²) >= 11 is 0. The molecule has 0 aliphatic rings. The van der Waals surface area contributed by atoms with E-state index < -0.39 is 23.3 Å². The average Bonchev–Trinajstić information content (AvgIpc) is 3.25. The van der Waals surface area contributed by atoms with Crippen LogP contribution in [0.4, 0.5) is 29.5 Å². The highest BCUT2D eigenvalue weighted by Gasteiger charge is 2.34. The lowest BCUT2D eigenvalue weighted by Gasteiger charge is -2.11. The van der Waals surface area contributed by atoms with E-state index in [2.05, 4.69) is 25.9 Å². The van der Waals surface area contributed by atoms with Gasteiger partial charge in [-0.2, -0.15) is 18.4 Å². The number of alkyl halides is 3. The summed E-state index contributed by atoms with van der Waals surface area (Å²) in [4.78, 5) is 20.7. The Morgan fingerprint density at radius 3 is 2.42 bits per heavy atom. The van der Waals surface area contributed by atoms with Crippen molar-refractivity contribution in [2.24, 2.45) is 0 Å². The van der Waals surface area contributed by atoms with Gasteiger partial charge in [0.25, 0.3) is 6.20 Å². The number of aromatic nitrogens is 4. The summed E-state index contributed by atoms with van der Waals surface area (Å²) in [6.07, 6.45) is -1.77. The molecule has 4 aromatic rings. The Labute approximate surface area is 203 Å². The molecular formula is C24H19F3N7O2+. The Bertz CT molecular complexity index is 1440. The molecule has 0 aliphatic heterocycles. The maximum Gasteiger partial charge on any atom is 0.417 e. The third-order valence-electron chi connectivity index (χ3n) is 5.26. The zero-order valence-corrected chi connectivity index (χ0v) is 19.1. The number of rotatable bonds is 5. The van der Waals surface area contributed by atoms with Gasteiger partial charge in [-0.25, -0.2) is 14.8 Å². The minimum Gasteiger partial charge on any atom is -0.308 e. The lowest BCUT2D eigenvalue weighted by Crippen LogP contribution is -2.35. The van der Waals surface area contributed by atoms with Gasteiger partial charge < -0.3 is 5.32 Å². The first kappa shape index (κ1) is 24.3. The number of urea groups is 1. The molecule has 0 unspecified atom stereocenters. The highest BCUT2D eigenvalue weighted by Crippen LogP contribution is 2.33. The number of benzene rings is 2. The lowest BCUT2D eigenvalue weighted by atomic mass is 10.0. The van der Waals surface area contributed by atoms with Crippen molar-refractivity contribution < 1.29 is 27.2 Å². The number of carbonyl (C=O) groups is 1. The van der Waals surface area contributed by atoms with Crippen molar-refractivity contribution in [2.75, 3.05) is 10.6 Å². The summed E-state index contributed by atoms with van der Waals surface area (Å²) in [6.45, 7) is 4.19. The zero-order valence-electron chi connectivity index (χ0n) is 19.1. The number of hydrogen-bond donors (Lipinski definition) is 2. The van der Waals surface area contributed by atoms with Crippen LogP contribution < -0.4 is 15.3 Å². The van der Waals surface area contributed by atoms with Crippen LogP contribution in [0.15, 0.2) is 59.5 Å². The van der Waals surface area contributed by atoms with Gasteiger partial charge in [0.05, 0.1) is 17.2 Å². The Hall–Kier alpha value is -4.79. The molecule has 4 rings (SSSR count). The highest BCUT2D eigenvalue weighted by atomic mass is 19.4. The number of halogens is 3. The second kappa shape index (κ2) is 9.83. The molecule has 2 heterocycles. The number of nitrogens with zero attached hydrogens (tertiary/aromatic N) is 5. The summed E-state index contributed by atoms with van der Waals surface area (Å²) in [7, 11) is 0. The van der Waals surface area contributed by atoms with E-state index in [4.69, 9.17) is 9.78 Å². The van der Waals surface area contributed by atoms with Gasteiger partial charge >= 0.3 is 18.1 Å². The molecule has 2 amide bonds. The predicted molar refractivity (Wildman–Crippen MR) is 122 cm³/mol. The molecular weight excluding hydrogens is 475 g/mol. The number of nitriles is 1. The number of hydrogen-bond acceptors (Lipinski definition) is 6. The second-order valence-corrected chi connectivity index (χ2v) is 7.83. The quantitative estimate of drug-likeness (QED) is 0.391. The molecule has 182 valence electrons. The number of nitrogens with one attached hydrogen (secondary N) is 2. The van der Waals surface area contributed by atoms with Crippen LogP contribution in [0.5, 0.6) is 0 Å².